The maximum absolute atomic E-state index is 11.7. The minimum Gasteiger partial charge on any atom is -0.396 e. The Morgan fingerprint density at radius 2 is 2.19 bits per heavy atom. The molecule has 1 aliphatic carbocycles. The molecule has 3 atom stereocenters. The van der Waals surface area contributed by atoms with Gasteiger partial charge in [0.15, 0.2) is 0 Å². The van der Waals surface area contributed by atoms with Gasteiger partial charge in [-0.15, -0.1) is 0 Å². The molecule has 1 aliphatic rings. The van der Waals surface area contributed by atoms with Gasteiger partial charge in [-0.3, -0.25) is 4.79 Å². The van der Waals surface area contributed by atoms with Gasteiger partial charge in [-0.25, -0.2) is 0 Å². The quantitative estimate of drug-likeness (QED) is 0.651. The number of nitrogens with one attached hydrogen (secondary N) is 1. The van der Waals surface area contributed by atoms with Gasteiger partial charge in [-0.2, -0.15) is 0 Å². The van der Waals surface area contributed by atoms with E-state index in [1.165, 1.54) is 0 Å². The smallest absolute Gasteiger partial charge is 0.221 e. The standard InChI is InChI=1S/C12H24N2O2/c1-2-10(13)7-12(16)14-11-6-4-3-5-9(11)8-15/h9-11,15H,2-8,13H2,1H3,(H,14,16). The van der Waals surface area contributed by atoms with Crippen LogP contribution in [0.3, 0.4) is 0 Å². The maximum Gasteiger partial charge on any atom is 0.221 e. The van der Waals surface area contributed by atoms with E-state index >= 15 is 0 Å². The van der Waals surface area contributed by atoms with Crippen LogP contribution in [0.25, 0.3) is 0 Å². The molecule has 4 N–H and O–H groups in total. The lowest BCUT2D eigenvalue weighted by molar-refractivity contribution is -0.122. The molecule has 0 radical (unpaired) electrons. The zero-order valence-corrected chi connectivity index (χ0v) is 10.1. The lowest BCUT2D eigenvalue weighted by atomic mass is 9.85. The highest BCUT2D eigenvalue weighted by atomic mass is 16.3. The van der Waals surface area contributed by atoms with Crippen LogP contribution >= 0.6 is 0 Å². The molecule has 1 saturated carbocycles. The van der Waals surface area contributed by atoms with Crippen molar-refractivity contribution in [2.75, 3.05) is 6.61 Å². The fourth-order valence-electron chi connectivity index (χ4n) is 2.26. The molecule has 1 amide bonds. The van der Waals surface area contributed by atoms with E-state index in [0.717, 1.165) is 32.1 Å². The van der Waals surface area contributed by atoms with E-state index in [9.17, 15) is 9.90 Å². The van der Waals surface area contributed by atoms with E-state index in [-0.39, 0.29) is 30.5 Å². The molecule has 0 aromatic carbocycles. The van der Waals surface area contributed by atoms with Crippen molar-refractivity contribution in [2.24, 2.45) is 11.7 Å². The Bertz CT molecular complexity index is 221. The number of hydrogen-bond donors (Lipinski definition) is 3. The summed E-state index contributed by atoms with van der Waals surface area (Å²) in [5.74, 6) is 0.259. The minimum absolute atomic E-state index is 0.0275. The first-order valence-corrected chi connectivity index (χ1v) is 6.33. The highest BCUT2D eigenvalue weighted by Crippen LogP contribution is 2.23. The zero-order chi connectivity index (χ0) is 12.0. The Balaban J connectivity index is 2.36. The number of carbonyl (C=O) groups is 1. The molecule has 16 heavy (non-hydrogen) atoms. The van der Waals surface area contributed by atoms with Gasteiger partial charge in [-0.1, -0.05) is 19.8 Å². The van der Waals surface area contributed by atoms with Gasteiger partial charge in [-0.05, 0) is 19.3 Å². The lowest BCUT2D eigenvalue weighted by Crippen LogP contribution is -2.44. The minimum atomic E-state index is -0.0452. The van der Waals surface area contributed by atoms with Crippen molar-refractivity contribution in [3.63, 3.8) is 0 Å². The average molecular weight is 228 g/mol. The Hall–Kier alpha value is -0.610. The first kappa shape index (κ1) is 13.5. The summed E-state index contributed by atoms with van der Waals surface area (Å²) < 4.78 is 0. The third kappa shape index (κ3) is 4.10. The monoisotopic (exact) mass is 228 g/mol. The average Bonchev–Trinajstić information content (AvgIpc) is 2.29. The molecular weight excluding hydrogens is 204 g/mol. The van der Waals surface area contributed by atoms with Crippen LogP contribution in [0.5, 0.6) is 0 Å². The highest BCUT2D eigenvalue weighted by Gasteiger charge is 2.25. The molecule has 4 nitrogen and oxygen atoms in total. The summed E-state index contributed by atoms with van der Waals surface area (Å²) in [7, 11) is 0. The van der Waals surface area contributed by atoms with Crippen LogP contribution in [-0.4, -0.2) is 29.7 Å². The molecule has 3 unspecified atom stereocenters. The van der Waals surface area contributed by atoms with Gasteiger partial charge < -0.3 is 16.2 Å². The third-order valence-corrected chi connectivity index (χ3v) is 3.46. The fraction of sp³-hybridized carbons (Fsp3) is 0.917. The van der Waals surface area contributed by atoms with E-state index in [0.29, 0.717) is 6.42 Å². The van der Waals surface area contributed by atoms with E-state index in [1.807, 2.05) is 6.92 Å². The second-order valence-corrected chi connectivity index (χ2v) is 4.77. The van der Waals surface area contributed by atoms with Crippen LogP contribution in [0.2, 0.25) is 0 Å². The molecule has 0 saturated heterocycles. The molecule has 0 aliphatic heterocycles. The predicted octanol–water partition coefficient (Wildman–Crippen LogP) is 0.781. The summed E-state index contributed by atoms with van der Waals surface area (Å²) in [6, 6.07) is 0.103. The van der Waals surface area contributed by atoms with Crippen LogP contribution in [0, 0.1) is 5.92 Å². The van der Waals surface area contributed by atoms with Crippen LogP contribution < -0.4 is 11.1 Å². The Labute approximate surface area is 97.6 Å². The molecule has 1 fully saturated rings. The molecule has 0 heterocycles. The largest absolute Gasteiger partial charge is 0.396 e. The van der Waals surface area contributed by atoms with Gasteiger partial charge in [0.05, 0.1) is 0 Å². The predicted molar refractivity (Wildman–Crippen MR) is 63.9 cm³/mol. The van der Waals surface area contributed by atoms with E-state index < -0.39 is 0 Å². The SMILES string of the molecule is CCC(N)CC(=O)NC1CCCCC1CO. The van der Waals surface area contributed by atoms with Crippen molar-refractivity contribution in [1.82, 2.24) is 5.32 Å². The molecule has 1 rings (SSSR count). The van der Waals surface area contributed by atoms with Crippen molar-refractivity contribution in [3.05, 3.63) is 0 Å². The van der Waals surface area contributed by atoms with E-state index in [1.54, 1.807) is 0 Å². The Morgan fingerprint density at radius 1 is 1.50 bits per heavy atom. The number of amides is 1. The van der Waals surface area contributed by atoms with Crippen LogP contribution in [0.15, 0.2) is 0 Å². The fourth-order valence-corrected chi connectivity index (χ4v) is 2.26. The summed E-state index contributed by atoms with van der Waals surface area (Å²) >= 11 is 0. The second kappa shape index (κ2) is 6.86. The van der Waals surface area contributed by atoms with Gasteiger partial charge in [0, 0.05) is 31.0 Å². The van der Waals surface area contributed by atoms with Crippen molar-refractivity contribution in [2.45, 2.75) is 57.5 Å². The zero-order valence-electron chi connectivity index (χ0n) is 10.1. The lowest BCUT2D eigenvalue weighted by Gasteiger charge is -2.31. The van der Waals surface area contributed by atoms with E-state index in [2.05, 4.69) is 5.32 Å². The van der Waals surface area contributed by atoms with Crippen LogP contribution in [0.4, 0.5) is 0 Å². The topological polar surface area (TPSA) is 75.4 Å². The number of aliphatic hydroxyl groups excluding tert-OH is 1. The van der Waals surface area contributed by atoms with Crippen molar-refractivity contribution < 1.29 is 9.90 Å². The maximum atomic E-state index is 11.7. The number of carbonyl (C=O) groups excluding carboxylic acids is 1. The number of rotatable bonds is 5. The van der Waals surface area contributed by atoms with Gasteiger partial charge in [0.1, 0.15) is 0 Å². The summed E-state index contributed by atoms with van der Waals surface area (Å²) in [6.07, 6.45) is 5.51. The van der Waals surface area contributed by atoms with Gasteiger partial charge >= 0.3 is 0 Å². The summed E-state index contributed by atoms with van der Waals surface area (Å²) in [5, 5.41) is 12.2. The molecular formula is C12H24N2O2. The summed E-state index contributed by atoms with van der Waals surface area (Å²) in [5.41, 5.74) is 5.74. The molecule has 94 valence electrons. The van der Waals surface area contributed by atoms with Gasteiger partial charge in [0.2, 0.25) is 5.91 Å². The molecule has 4 heteroatoms. The summed E-state index contributed by atoms with van der Waals surface area (Å²) in [4.78, 5) is 11.7. The number of nitrogens with two attached hydrogens (primary N) is 1. The first-order valence-electron chi connectivity index (χ1n) is 6.33. The van der Waals surface area contributed by atoms with Crippen LogP contribution in [0.1, 0.15) is 45.4 Å². The molecule has 0 bridgehead atoms. The van der Waals surface area contributed by atoms with Crippen molar-refractivity contribution in [1.29, 1.82) is 0 Å². The Morgan fingerprint density at radius 3 is 2.81 bits per heavy atom. The third-order valence-electron chi connectivity index (χ3n) is 3.46. The second-order valence-electron chi connectivity index (χ2n) is 4.77. The van der Waals surface area contributed by atoms with Gasteiger partial charge in [0.25, 0.3) is 0 Å². The highest BCUT2D eigenvalue weighted by molar-refractivity contribution is 5.76. The van der Waals surface area contributed by atoms with E-state index in [4.69, 9.17) is 5.73 Å². The molecule has 0 aromatic heterocycles. The van der Waals surface area contributed by atoms with Crippen molar-refractivity contribution in [3.8, 4) is 0 Å². The Kier molecular flexibility index (Phi) is 5.77. The normalized spacial score (nSPS) is 27.4. The van der Waals surface area contributed by atoms with Crippen molar-refractivity contribution >= 4 is 5.91 Å². The first-order chi connectivity index (χ1) is 7.67. The summed E-state index contributed by atoms with van der Waals surface area (Å²) in [6.45, 7) is 2.15. The number of aliphatic hydroxyl groups is 1. The molecule has 0 aromatic rings. The van der Waals surface area contributed by atoms with Crippen LogP contribution in [-0.2, 0) is 4.79 Å². The molecule has 0 spiro atoms. The number of hydrogen-bond acceptors (Lipinski definition) is 3.